The molecule has 0 saturated heterocycles. The third-order valence-electron chi connectivity index (χ3n) is 3.38. The monoisotopic (exact) mass is 302 g/mol. The molecule has 1 aromatic carbocycles. The highest BCUT2D eigenvalue weighted by molar-refractivity contribution is 7.99. The van der Waals surface area contributed by atoms with Crippen molar-refractivity contribution in [3.63, 3.8) is 0 Å². The zero-order chi connectivity index (χ0) is 15.6. The Morgan fingerprint density at radius 2 is 1.95 bits per heavy atom. The Morgan fingerprint density at radius 3 is 2.48 bits per heavy atom. The van der Waals surface area contributed by atoms with Crippen molar-refractivity contribution in [3.8, 4) is 0 Å². The van der Waals surface area contributed by atoms with Gasteiger partial charge in [-0.15, -0.1) is 11.8 Å². The lowest BCUT2D eigenvalue weighted by molar-refractivity contribution is 0.404. The van der Waals surface area contributed by atoms with Gasteiger partial charge in [0.15, 0.2) is 0 Å². The summed E-state index contributed by atoms with van der Waals surface area (Å²) in [4.78, 5) is 7.91. The second-order valence-electron chi connectivity index (χ2n) is 5.49. The van der Waals surface area contributed by atoms with Crippen molar-refractivity contribution in [1.29, 1.82) is 0 Å². The van der Waals surface area contributed by atoms with E-state index in [9.17, 15) is 5.11 Å². The Morgan fingerprint density at radius 1 is 1.33 bits per heavy atom. The maximum absolute atomic E-state index is 9.68. The first-order valence-electron chi connectivity index (χ1n) is 7.03. The maximum atomic E-state index is 9.68. The van der Waals surface area contributed by atoms with Crippen LogP contribution in [-0.2, 0) is 0 Å². The molecule has 2 rings (SSSR count). The van der Waals surface area contributed by atoms with Crippen molar-refractivity contribution >= 4 is 17.5 Å². The van der Waals surface area contributed by atoms with E-state index in [1.807, 2.05) is 25.7 Å². The fraction of sp³-hybridized carbons (Fsp3) is 0.353. The van der Waals surface area contributed by atoms with Crippen LogP contribution in [0.15, 0.2) is 57.9 Å². The number of likely N-dealkylation sites (N-methyl/N-ethyl adjacent to an activating group) is 1. The number of hydrogen-bond donors (Lipinski definition) is 1. The van der Waals surface area contributed by atoms with Crippen LogP contribution in [0.3, 0.4) is 0 Å². The Hall–Kier alpha value is -1.68. The molecule has 0 unspecified atom stereocenters. The van der Waals surface area contributed by atoms with Crippen molar-refractivity contribution < 1.29 is 5.11 Å². The SMILES string of the molecule is C=C(O)C1=C(C)N(C)CC(c2ccc(SC(C)C)cc2)=N1. The van der Waals surface area contributed by atoms with Crippen molar-refractivity contribution in [3.05, 3.63) is 53.6 Å². The quantitative estimate of drug-likeness (QED) is 0.668. The lowest BCUT2D eigenvalue weighted by Crippen LogP contribution is -2.30. The fourth-order valence-corrected chi connectivity index (χ4v) is 3.04. The van der Waals surface area contributed by atoms with Crippen molar-refractivity contribution in [2.24, 2.45) is 4.99 Å². The molecule has 1 aromatic rings. The number of aliphatic imine (C=N–C) groups is 1. The minimum absolute atomic E-state index is 0.0172. The summed E-state index contributed by atoms with van der Waals surface area (Å²) in [6.07, 6.45) is 0. The standard InChI is InChI=1S/C17H22N2OS/c1-11(2)21-15-8-6-14(7-9-15)16-10-19(5)12(3)17(18-16)13(4)20/h6-9,11,20H,4,10H2,1-3,5H3. The number of allylic oxidation sites excluding steroid dienone is 1. The molecule has 0 bridgehead atoms. The number of thioether (sulfide) groups is 1. The first kappa shape index (κ1) is 15.7. The zero-order valence-electron chi connectivity index (χ0n) is 13.1. The Balaban J connectivity index is 2.30. The molecule has 3 nitrogen and oxygen atoms in total. The van der Waals surface area contributed by atoms with E-state index in [1.54, 1.807) is 0 Å². The van der Waals surface area contributed by atoms with Gasteiger partial charge in [0.05, 0.1) is 12.3 Å². The van der Waals surface area contributed by atoms with Crippen LogP contribution in [0.4, 0.5) is 0 Å². The molecule has 0 spiro atoms. The van der Waals surface area contributed by atoms with Gasteiger partial charge in [0.25, 0.3) is 0 Å². The average molecular weight is 302 g/mol. The molecular formula is C17H22N2OS. The van der Waals surface area contributed by atoms with Gasteiger partial charge in [0, 0.05) is 22.9 Å². The fourth-order valence-electron chi connectivity index (χ4n) is 2.20. The van der Waals surface area contributed by atoms with Gasteiger partial charge in [-0.05, 0) is 24.6 Å². The van der Waals surface area contributed by atoms with E-state index < -0.39 is 0 Å². The number of benzene rings is 1. The second kappa shape index (κ2) is 6.39. The number of hydrogen-bond acceptors (Lipinski definition) is 4. The molecule has 112 valence electrons. The first-order valence-corrected chi connectivity index (χ1v) is 7.91. The van der Waals surface area contributed by atoms with Crippen LogP contribution in [-0.4, -0.2) is 34.6 Å². The summed E-state index contributed by atoms with van der Waals surface area (Å²) in [5.74, 6) is 0.0172. The van der Waals surface area contributed by atoms with Crippen molar-refractivity contribution in [1.82, 2.24) is 4.90 Å². The third-order valence-corrected chi connectivity index (χ3v) is 4.40. The van der Waals surface area contributed by atoms with E-state index >= 15 is 0 Å². The van der Waals surface area contributed by atoms with E-state index in [2.05, 4.69) is 54.6 Å². The van der Waals surface area contributed by atoms with E-state index in [4.69, 9.17) is 0 Å². The molecule has 4 heteroatoms. The van der Waals surface area contributed by atoms with Gasteiger partial charge < -0.3 is 10.0 Å². The van der Waals surface area contributed by atoms with Crippen LogP contribution in [0.5, 0.6) is 0 Å². The molecule has 0 radical (unpaired) electrons. The molecule has 0 atom stereocenters. The van der Waals surface area contributed by atoms with Gasteiger partial charge in [-0.25, -0.2) is 4.99 Å². The third kappa shape index (κ3) is 3.70. The summed E-state index contributed by atoms with van der Waals surface area (Å²) in [6.45, 7) is 10.7. The summed E-state index contributed by atoms with van der Waals surface area (Å²) in [5, 5.41) is 10.3. The van der Waals surface area contributed by atoms with Crippen LogP contribution < -0.4 is 0 Å². The van der Waals surface area contributed by atoms with Crippen LogP contribution >= 0.6 is 11.8 Å². The summed E-state index contributed by atoms with van der Waals surface area (Å²) in [6, 6.07) is 8.44. The van der Waals surface area contributed by atoms with E-state index in [1.165, 1.54) is 4.90 Å². The van der Waals surface area contributed by atoms with E-state index in [0.717, 1.165) is 23.5 Å². The number of rotatable bonds is 4. The van der Waals surface area contributed by atoms with Gasteiger partial charge in [0.2, 0.25) is 0 Å². The van der Waals surface area contributed by atoms with Crippen molar-refractivity contribution in [2.45, 2.75) is 30.9 Å². The van der Waals surface area contributed by atoms with E-state index in [0.29, 0.717) is 10.9 Å². The number of nitrogens with zero attached hydrogens (tertiary/aromatic N) is 2. The van der Waals surface area contributed by atoms with Gasteiger partial charge in [0.1, 0.15) is 11.5 Å². The van der Waals surface area contributed by atoms with Gasteiger partial charge in [-0.2, -0.15) is 0 Å². The molecule has 0 fully saturated rings. The molecule has 0 amide bonds. The summed E-state index contributed by atoms with van der Waals surface area (Å²) in [5.41, 5.74) is 3.55. The molecule has 1 N–H and O–H groups in total. The Bertz CT molecular complexity index is 600. The number of aliphatic hydroxyl groups excluding tert-OH is 1. The zero-order valence-corrected chi connectivity index (χ0v) is 13.9. The topological polar surface area (TPSA) is 35.8 Å². The lowest BCUT2D eigenvalue weighted by atomic mass is 10.1. The highest BCUT2D eigenvalue weighted by atomic mass is 32.2. The second-order valence-corrected chi connectivity index (χ2v) is 7.14. The van der Waals surface area contributed by atoms with Crippen LogP contribution in [0.1, 0.15) is 26.3 Å². The Kier molecular flexibility index (Phi) is 4.78. The molecule has 0 aliphatic carbocycles. The van der Waals surface area contributed by atoms with Gasteiger partial charge in [-0.3, -0.25) is 0 Å². The van der Waals surface area contributed by atoms with Gasteiger partial charge >= 0.3 is 0 Å². The molecule has 0 saturated carbocycles. The highest BCUT2D eigenvalue weighted by Crippen LogP contribution is 2.25. The number of aliphatic hydroxyl groups is 1. The normalized spacial score (nSPS) is 15.5. The largest absolute Gasteiger partial charge is 0.506 e. The van der Waals surface area contributed by atoms with Crippen LogP contribution in [0, 0.1) is 0 Å². The summed E-state index contributed by atoms with van der Waals surface area (Å²) >= 11 is 1.85. The first-order chi connectivity index (χ1) is 9.88. The average Bonchev–Trinajstić information content (AvgIpc) is 2.41. The molecule has 1 aliphatic heterocycles. The van der Waals surface area contributed by atoms with Gasteiger partial charge in [-0.1, -0.05) is 32.6 Å². The Labute approximate surface area is 131 Å². The summed E-state index contributed by atoms with van der Waals surface area (Å²) < 4.78 is 0. The molecule has 1 heterocycles. The molecular weight excluding hydrogens is 280 g/mol. The van der Waals surface area contributed by atoms with Crippen LogP contribution in [0.25, 0.3) is 0 Å². The lowest BCUT2D eigenvalue weighted by Gasteiger charge is -2.27. The molecule has 1 aliphatic rings. The molecule has 21 heavy (non-hydrogen) atoms. The highest BCUT2D eigenvalue weighted by Gasteiger charge is 2.19. The van der Waals surface area contributed by atoms with Crippen molar-refractivity contribution in [2.75, 3.05) is 13.6 Å². The molecule has 0 aromatic heterocycles. The van der Waals surface area contributed by atoms with Crippen LogP contribution in [0.2, 0.25) is 0 Å². The predicted molar refractivity (Wildman–Crippen MR) is 91.1 cm³/mol. The van der Waals surface area contributed by atoms with E-state index in [-0.39, 0.29) is 5.76 Å². The minimum atomic E-state index is 0.0172. The maximum Gasteiger partial charge on any atom is 0.135 e. The summed E-state index contributed by atoms with van der Waals surface area (Å²) in [7, 11) is 2.00. The smallest absolute Gasteiger partial charge is 0.135 e. The minimum Gasteiger partial charge on any atom is -0.506 e. The predicted octanol–water partition coefficient (Wildman–Crippen LogP) is 4.22.